The first-order valence-electron chi connectivity index (χ1n) is 13.9. The van der Waals surface area contributed by atoms with Gasteiger partial charge in [-0.3, -0.25) is 0 Å². The van der Waals surface area contributed by atoms with E-state index >= 15 is 0 Å². The van der Waals surface area contributed by atoms with Crippen LogP contribution in [0.2, 0.25) is 0 Å². The summed E-state index contributed by atoms with van der Waals surface area (Å²) in [6.45, 7) is 4.54. The molecule has 192 valence electrons. The van der Waals surface area contributed by atoms with Crippen LogP contribution >= 0.6 is 22.7 Å². The number of thiophene rings is 2. The maximum Gasteiger partial charge on any atom is 0.122 e. The van der Waals surface area contributed by atoms with E-state index < -0.39 is 0 Å². The van der Waals surface area contributed by atoms with E-state index in [0.29, 0.717) is 0 Å². The Morgan fingerprint density at radius 3 is 1.57 bits per heavy atom. The van der Waals surface area contributed by atoms with E-state index in [2.05, 4.69) is 62.4 Å². The van der Waals surface area contributed by atoms with Gasteiger partial charge in [-0.25, -0.2) is 0 Å². The van der Waals surface area contributed by atoms with Crippen molar-refractivity contribution in [2.24, 2.45) is 0 Å². The molecule has 0 aliphatic heterocycles. The predicted molar refractivity (Wildman–Crippen MR) is 161 cm³/mol. The van der Waals surface area contributed by atoms with Gasteiger partial charge < -0.3 is 0 Å². The van der Waals surface area contributed by atoms with Gasteiger partial charge in [-0.05, 0) is 62.1 Å². The van der Waals surface area contributed by atoms with Crippen LogP contribution in [0, 0.1) is 0 Å². The quantitative estimate of drug-likeness (QED) is 0.143. The lowest BCUT2D eigenvalue weighted by Gasteiger charge is -2.03. The number of hydrogen-bond acceptors (Lipinski definition) is 4. The third-order valence-electron chi connectivity index (χ3n) is 6.94. The van der Waals surface area contributed by atoms with Crippen molar-refractivity contribution < 1.29 is 0 Å². The summed E-state index contributed by atoms with van der Waals surface area (Å²) >= 11 is 3.82. The van der Waals surface area contributed by atoms with Gasteiger partial charge in [0.25, 0.3) is 0 Å². The molecule has 2 aromatic carbocycles. The topological polar surface area (TPSA) is 30.7 Å². The summed E-state index contributed by atoms with van der Waals surface area (Å²) < 4.78 is 0. The van der Waals surface area contributed by atoms with Crippen LogP contribution in [0.15, 0.2) is 66.7 Å². The third kappa shape index (κ3) is 6.22. The van der Waals surface area contributed by atoms with Crippen LogP contribution in [0.1, 0.15) is 75.0 Å². The van der Waals surface area contributed by atoms with E-state index in [1.54, 1.807) is 4.80 Å². The Kier molecular flexibility index (Phi) is 8.85. The van der Waals surface area contributed by atoms with Gasteiger partial charge in [-0.2, -0.15) is 4.80 Å². The van der Waals surface area contributed by atoms with E-state index in [9.17, 15) is 0 Å². The summed E-state index contributed by atoms with van der Waals surface area (Å²) in [5.41, 5.74) is 5.32. The van der Waals surface area contributed by atoms with Crippen LogP contribution in [0.3, 0.4) is 0 Å². The number of nitrogens with zero attached hydrogens (tertiary/aromatic N) is 3. The van der Waals surface area contributed by atoms with Crippen molar-refractivity contribution >= 4 is 33.7 Å². The van der Waals surface area contributed by atoms with Crippen molar-refractivity contribution in [3.63, 3.8) is 0 Å². The monoisotopic (exact) mass is 527 g/mol. The van der Waals surface area contributed by atoms with Crippen LogP contribution in [-0.2, 0) is 12.8 Å². The fourth-order valence-electron chi connectivity index (χ4n) is 4.83. The molecule has 0 unspecified atom stereocenters. The molecule has 0 aliphatic carbocycles. The van der Waals surface area contributed by atoms with Gasteiger partial charge in [0.05, 0.1) is 5.69 Å². The molecule has 5 aromatic rings. The number of fused-ring (bicyclic) bond motifs is 1. The van der Waals surface area contributed by atoms with E-state index in [4.69, 9.17) is 10.2 Å². The average Bonchev–Trinajstić information content (AvgIpc) is 3.69. The largest absolute Gasteiger partial charge is 0.150 e. The average molecular weight is 528 g/mol. The van der Waals surface area contributed by atoms with Crippen molar-refractivity contribution in [1.82, 2.24) is 15.0 Å². The first kappa shape index (κ1) is 25.9. The highest BCUT2D eigenvalue weighted by molar-refractivity contribution is 7.16. The molecule has 3 heterocycles. The summed E-state index contributed by atoms with van der Waals surface area (Å²) in [6.07, 6.45) is 12.7. The standard InChI is InChI=1S/C32H37N3S2/c1-3-5-7-12-16-25-18-22-29(36-25)27-20-21-28(30-23-19-26(37-30)17-13-8-6-4-2)32-31(27)33-35(34-32)24-14-10-9-11-15-24/h9-11,14-15,18-23H,3-8,12-13,16-17H2,1-2H3. The number of rotatable bonds is 13. The highest BCUT2D eigenvalue weighted by Gasteiger charge is 2.18. The normalized spacial score (nSPS) is 11.5. The second kappa shape index (κ2) is 12.7. The molecule has 0 bridgehead atoms. The fraction of sp³-hybridized carbons (Fsp3) is 0.375. The molecule has 0 atom stereocenters. The summed E-state index contributed by atoms with van der Waals surface area (Å²) in [5.74, 6) is 0. The molecule has 0 amide bonds. The minimum Gasteiger partial charge on any atom is -0.150 e. The van der Waals surface area contributed by atoms with Gasteiger partial charge in [0.15, 0.2) is 0 Å². The first-order chi connectivity index (χ1) is 18.3. The molecule has 5 rings (SSSR count). The van der Waals surface area contributed by atoms with E-state index in [1.807, 2.05) is 40.9 Å². The van der Waals surface area contributed by atoms with Gasteiger partial charge in [0.1, 0.15) is 11.0 Å². The Hall–Kier alpha value is -2.76. The fourth-order valence-corrected chi connectivity index (χ4v) is 6.99. The Morgan fingerprint density at radius 1 is 0.568 bits per heavy atom. The van der Waals surface area contributed by atoms with Crippen molar-refractivity contribution in [2.75, 3.05) is 0 Å². The number of aromatic nitrogens is 3. The number of hydrogen-bond donors (Lipinski definition) is 0. The van der Waals surface area contributed by atoms with Crippen molar-refractivity contribution in [3.05, 3.63) is 76.5 Å². The summed E-state index contributed by atoms with van der Waals surface area (Å²) in [6, 6.07) is 23.9. The predicted octanol–water partition coefficient (Wildman–Crippen LogP) is 10.1. The maximum atomic E-state index is 5.03. The molecule has 0 saturated carbocycles. The summed E-state index contributed by atoms with van der Waals surface area (Å²) in [4.78, 5) is 7.29. The van der Waals surface area contributed by atoms with Crippen molar-refractivity contribution in [3.8, 4) is 26.6 Å². The maximum absolute atomic E-state index is 5.03. The van der Waals surface area contributed by atoms with E-state index in [-0.39, 0.29) is 0 Å². The van der Waals surface area contributed by atoms with Gasteiger partial charge in [-0.1, -0.05) is 82.7 Å². The Morgan fingerprint density at radius 2 is 1.08 bits per heavy atom. The molecule has 3 nitrogen and oxygen atoms in total. The van der Waals surface area contributed by atoms with E-state index in [0.717, 1.165) is 16.7 Å². The van der Waals surface area contributed by atoms with Crippen LogP contribution in [0.25, 0.3) is 37.6 Å². The van der Waals surface area contributed by atoms with Gasteiger partial charge in [0.2, 0.25) is 0 Å². The summed E-state index contributed by atoms with van der Waals surface area (Å²) in [7, 11) is 0. The second-order valence-corrected chi connectivity index (χ2v) is 12.2. The first-order valence-corrected chi connectivity index (χ1v) is 15.5. The number of unbranched alkanes of at least 4 members (excludes halogenated alkanes) is 6. The SMILES string of the molecule is CCCCCCc1ccc(-c2ccc(-c3ccc(CCCCCC)s3)c3nn(-c4ccccc4)nc23)s1. The van der Waals surface area contributed by atoms with Crippen LogP contribution in [-0.4, -0.2) is 15.0 Å². The van der Waals surface area contributed by atoms with Crippen LogP contribution in [0.4, 0.5) is 0 Å². The molecule has 0 radical (unpaired) electrons. The molecule has 0 aliphatic rings. The molecular formula is C32H37N3S2. The lowest BCUT2D eigenvalue weighted by molar-refractivity contribution is 0.670. The lowest BCUT2D eigenvalue weighted by atomic mass is 10.1. The molecule has 0 N–H and O–H groups in total. The zero-order valence-electron chi connectivity index (χ0n) is 22.1. The zero-order chi connectivity index (χ0) is 25.5. The van der Waals surface area contributed by atoms with Gasteiger partial charge in [-0.15, -0.1) is 32.9 Å². The highest BCUT2D eigenvalue weighted by Crippen LogP contribution is 2.39. The molecule has 37 heavy (non-hydrogen) atoms. The zero-order valence-corrected chi connectivity index (χ0v) is 23.7. The number of para-hydroxylation sites is 1. The minimum absolute atomic E-state index is 0.985. The Bertz CT molecular complexity index is 1320. The Labute approximate surface area is 229 Å². The molecule has 0 spiro atoms. The second-order valence-electron chi connectivity index (χ2n) is 9.84. The Balaban J connectivity index is 1.49. The third-order valence-corrected chi connectivity index (χ3v) is 9.29. The molecule has 0 fully saturated rings. The van der Waals surface area contributed by atoms with E-state index in [1.165, 1.54) is 94.8 Å². The van der Waals surface area contributed by atoms with Crippen LogP contribution in [0.5, 0.6) is 0 Å². The van der Waals surface area contributed by atoms with Gasteiger partial charge in [0, 0.05) is 30.6 Å². The molecule has 3 aromatic heterocycles. The van der Waals surface area contributed by atoms with Crippen LogP contribution < -0.4 is 0 Å². The van der Waals surface area contributed by atoms with Gasteiger partial charge >= 0.3 is 0 Å². The van der Waals surface area contributed by atoms with Crippen molar-refractivity contribution in [2.45, 2.75) is 78.1 Å². The minimum atomic E-state index is 0.985. The highest BCUT2D eigenvalue weighted by atomic mass is 32.1. The smallest absolute Gasteiger partial charge is 0.122 e. The number of benzene rings is 2. The lowest BCUT2D eigenvalue weighted by Crippen LogP contribution is -1.97. The molecule has 5 heteroatoms. The number of aryl methyl sites for hydroxylation is 2. The molecule has 0 saturated heterocycles. The van der Waals surface area contributed by atoms with Crippen molar-refractivity contribution in [1.29, 1.82) is 0 Å². The molecular weight excluding hydrogens is 491 g/mol. The summed E-state index contributed by atoms with van der Waals surface area (Å²) in [5, 5.41) is 10.1.